The molecule has 4 rings (SSSR count). The Kier molecular flexibility index (Phi) is 8.41. The monoisotopic (exact) mass is 512 g/mol. The second kappa shape index (κ2) is 11.4. The first-order chi connectivity index (χ1) is 17.1. The average Bonchev–Trinajstić information content (AvgIpc) is 3.52. The number of rotatable bonds is 7. The van der Waals surface area contributed by atoms with Crippen molar-refractivity contribution in [1.29, 1.82) is 0 Å². The van der Waals surface area contributed by atoms with Gasteiger partial charge < -0.3 is 15.1 Å². The molecule has 1 atom stereocenters. The molecular formula is C28H40N4O3S. The number of aliphatic hydroxyl groups is 1. The molecule has 2 heterocycles. The lowest BCUT2D eigenvalue weighted by atomic mass is 9.80. The van der Waals surface area contributed by atoms with Crippen molar-refractivity contribution < 1.29 is 15.0 Å². The number of aromatic carboxylic acids is 1. The lowest BCUT2D eigenvalue weighted by Crippen LogP contribution is -2.45. The molecule has 7 nitrogen and oxygen atoms in total. The van der Waals surface area contributed by atoms with Crippen LogP contribution in [0.15, 0.2) is 18.5 Å². The largest absolute Gasteiger partial charge is 0.477 e. The van der Waals surface area contributed by atoms with Crippen LogP contribution < -0.4 is 4.90 Å². The van der Waals surface area contributed by atoms with E-state index in [1.54, 1.807) is 6.20 Å². The van der Waals surface area contributed by atoms with E-state index in [1.165, 1.54) is 11.3 Å². The second-order valence-electron chi connectivity index (χ2n) is 11.7. The summed E-state index contributed by atoms with van der Waals surface area (Å²) in [7, 11) is 0. The van der Waals surface area contributed by atoms with Crippen LogP contribution in [0.4, 0.5) is 5.69 Å². The van der Waals surface area contributed by atoms with Crippen molar-refractivity contribution in [2.75, 3.05) is 11.4 Å². The van der Waals surface area contributed by atoms with Crippen LogP contribution in [0.1, 0.15) is 99.7 Å². The first kappa shape index (κ1) is 26.7. The summed E-state index contributed by atoms with van der Waals surface area (Å²) in [6.45, 7) is 8.89. The Hall–Kier alpha value is -2.37. The Bertz CT molecular complexity index is 1060. The highest BCUT2D eigenvalue weighted by Gasteiger charge is 2.34. The average molecular weight is 513 g/mol. The van der Waals surface area contributed by atoms with Gasteiger partial charge in [0.25, 0.3) is 0 Å². The van der Waals surface area contributed by atoms with E-state index in [9.17, 15) is 15.0 Å². The molecule has 0 saturated heterocycles. The van der Waals surface area contributed by atoms with Crippen molar-refractivity contribution in [1.82, 2.24) is 15.0 Å². The third kappa shape index (κ3) is 6.68. The Labute approximate surface area is 218 Å². The van der Waals surface area contributed by atoms with E-state index >= 15 is 0 Å². The van der Waals surface area contributed by atoms with Gasteiger partial charge in [0.15, 0.2) is 0 Å². The molecule has 2 aromatic heterocycles. The highest BCUT2D eigenvalue weighted by Crippen LogP contribution is 2.39. The van der Waals surface area contributed by atoms with E-state index < -0.39 is 12.1 Å². The van der Waals surface area contributed by atoms with E-state index in [1.807, 2.05) is 37.7 Å². The lowest BCUT2D eigenvalue weighted by molar-refractivity contribution is 0.0697. The number of carboxylic acids is 1. The fraction of sp³-hybridized carbons (Fsp3) is 0.679. The fourth-order valence-corrected chi connectivity index (χ4v) is 6.43. The number of nitrogens with zero attached hydrogens (tertiary/aromatic N) is 4. The van der Waals surface area contributed by atoms with Gasteiger partial charge >= 0.3 is 5.97 Å². The summed E-state index contributed by atoms with van der Waals surface area (Å²) in [4.78, 5) is 15.6. The Morgan fingerprint density at radius 1 is 1.19 bits per heavy atom. The van der Waals surface area contributed by atoms with Gasteiger partial charge in [-0.05, 0) is 77.2 Å². The summed E-state index contributed by atoms with van der Waals surface area (Å²) < 4.78 is 1.94. The number of carbonyl (C=O) groups is 1. The molecule has 2 aromatic rings. The number of carboxylic acid groups (broad SMARTS) is 1. The van der Waals surface area contributed by atoms with Crippen molar-refractivity contribution >= 4 is 23.0 Å². The predicted molar refractivity (Wildman–Crippen MR) is 143 cm³/mol. The van der Waals surface area contributed by atoms with E-state index in [0.29, 0.717) is 23.2 Å². The van der Waals surface area contributed by atoms with Gasteiger partial charge in [0.05, 0.1) is 28.9 Å². The summed E-state index contributed by atoms with van der Waals surface area (Å²) >= 11 is 1.24. The number of aliphatic hydroxyl groups excluding tert-OH is 1. The van der Waals surface area contributed by atoms with Crippen LogP contribution in [-0.4, -0.2) is 49.9 Å². The van der Waals surface area contributed by atoms with Gasteiger partial charge in [0.2, 0.25) is 0 Å². The maximum atomic E-state index is 12.3. The molecule has 8 heteroatoms. The fourth-order valence-electron chi connectivity index (χ4n) is 5.57. The molecular weight excluding hydrogens is 472 g/mol. The van der Waals surface area contributed by atoms with Gasteiger partial charge in [0.1, 0.15) is 4.88 Å². The topological polar surface area (TPSA) is 91.5 Å². The predicted octanol–water partition coefficient (Wildman–Crippen LogP) is 5.61. The van der Waals surface area contributed by atoms with Crippen molar-refractivity contribution in [3.05, 3.63) is 28.2 Å². The molecule has 36 heavy (non-hydrogen) atoms. The molecule has 2 aliphatic rings. The van der Waals surface area contributed by atoms with Crippen LogP contribution in [0.25, 0.3) is 0 Å². The van der Waals surface area contributed by atoms with Crippen molar-refractivity contribution in [3.8, 4) is 11.8 Å². The summed E-state index contributed by atoms with van der Waals surface area (Å²) in [5, 5.41) is 29.6. The Balaban J connectivity index is 1.60. The van der Waals surface area contributed by atoms with Gasteiger partial charge in [-0.15, -0.1) is 16.4 Å². The molecule has 2 aliphatic carbocycles. The van der Waals surface area contributed by atoms with E-state index in [0.717, 1.165) is 62.2 Å². The normalized spacial score (nSPS) is 25.6. The SMILES string of the molecule is CC1CCC(C(O)CN(c2cc(C#CC(C)(C)C)sc2C(=O)O)C2CCC(n3ccnn3)CC2)CC1. The van der Waals surface area contributed by atoms with Gasteiger partial charge in [-0.3, -0.25) is 0 Å². The molecule has 0 radical (unpaired) electrons. The molecule has 0 amide bonds. The third-order valence-electron chi connectivity index (χ3n) is 7.69. The molecule has 1 unspecified atom stereocenters. The molecule has 0 aromatic carbocycles. The van der Waals surface area contributed by atoms with Gasteiger partial charge in [-0.1, -0.05) is 36.8 Å². The lowest BCUT2D eigenvalue weighted by Gasteiger charge is -2.41. The van der Waals surface area contributed by atoms with E-state index in [2.05, 4.69) is 34.0 Å². The van der Waals surface area contributed by atoms with Crippen LogP contribution in [0.5, 0.6) is 0 Å². The third-order valence-corrected chi connectivity index (χ3v) is 8.72. The molecule has 2 fully saturated rings. The minimum absolute atomic E-state index is 0.165. The highest BCUT2D eigenvalue weighted by atomic mass is 32.1. The van der Waals surface area contributed by atoms with Crippen LogP contribution in [0.2, 0.25) is 0 Å². The summed E-state index contributed by atoms with van der Waals surface area (Å²) in [5.41, 5.74) is 0.541. The van der Waals surface area contributed by atoms with Gasteiger partial charge in [0, 0.05) is 24.2 Å². The van der Waals surface area contributed by atoms with Crippen LogP contribution in [0, 0.1) is 29.1 Å². The molecule has 0 spiro atoms. The van der Waals surface area contributed by atoms with Gasteiger partial charge in [-0.25, -0.2) is 9.48 Å². The smallest absolute Gasteiger partial charge is 0.348 e. The summed E-state index contributed by atoms with van der Waals surface area (Å²) in [6.07, 6.45) is 11.2. The van der Waals surface area contributed by atoms with E-state index in [-0.39, 0.29) is 17.4 Å². The Morgan fingerprint density at radius 3 is 2.47 bits per heavy atom. The molecule has 0 aliphatic heterocycles. The van der Waals surface area contributed by atoms with E-state index in [4.69, 9.17) is 0 Å². The molecule has 0 bridgehead atoms. The second-order valence-corrected chi connectivity index (χ2v) is 12.8. The highest BCUT2D eigenvalue weighted by molar-refractivity contribution is 7.15. The zero-order chi connectivity index (χ0) is 25.9. The maximum absolute atomic E-state index is 12.3. The van der Waals surface area contributed by atoms with Crippen molar-refractivity contribution in [2.45, 2.75) is 97.2 Å². The first-order valence-electron chi connectivity index (χ1n) is 13.3. The number of hydrogen-bond donors (Lipinski definition) is 2. The van der Waals surface area contributed by atoms with Crippen LogP contribution >= 0.6 is 11.3 Å². The maximum Gasteiger partial charge on any atom is 0.348 e. The van der Waals surface area contributed by atoms with Crippen molar-refractivity contribution in [3.63, 3.8) is 0 Å². The minimum atomic E-state index is -0.930. The molecule has 196 valence electrons. The minimum Gasteiger partial charge on any atom is -0.477 e. The number of aromatic nitrogens is 3. The number of thiophene rings is 1. The summed E-state index contributed by atoms with van der Waals surface area (Å²) in [5.74, 6) is 6.50. The molecule has 2 N–H and O–H groups in total. The quantitative estimate of drug-likeness (QED) is 0.469. The van der Waals surface area contributed by atoms with Crippen molar-refractivity contribution in [2.24, 2.45) is 17.3 Å². The zero-order valence-corrected chi connectivity index (χ0v) is 22.8. The van der Waals surface area contributed by atoms with Crippen LogP contribution in [0.3, 0.4) is 0 Å². The number of hydrogen-bond acceptors (Lipinski definition) is 6. The van der Waals surface area contributed by atoms with Crippen LogP contribution in [-0.2, 0) is 0 Å². The zero-order valence-electron chi connectivity index (χ0n) is 22.0. The first-order valence-corrected chi connectivity index (χ1v) is 14.1. The summed E-state index contributed by atoms with van der Waals surface area (Å²) in [6, 6.07) is 2.41. The molecule has 2 saturated carbocycles. The number of anilines is 1. The van der Waals surface area contributed by atoms with Gasteiger partial charge in [-0.2, -0.15) is 0 Å². The standard InChI is InChI=1S/C28H40N4O3S/c1-19-5-7-20(8-6-19)25(33)18-31(21-9-11-22(12-10-21)32-16-15-29-30-32)24-17-23(13-14-28(2,3)4)36-26(24)27(34)35/h15-17,19-22,25,33H,5-12,18H2,1-4H3,(H,34,35). The Morgan fingerprint density at radius 2 is 1.89 bits per heavy atom.